The number of nitrogens with one attached hydrogen (secondary N) is 1. The Labute approximate surface area is 176 Å². The minimum Gasteiger partial charge on any atom is -0.337 e. The van der Waals surface area contributed by atoms with Gasteiger partial charge in [0.2, 0.25) is 5.91 Å². The lowest BCUT2D eigenvalue weighted by atomic mass is 9.90. The molecule has 1 aromatic carbocycles. The number of nitriles is 1. The first kappa shape index (κ1) is 23.0. The van der Waals surface area contributed by atoms with Crippen LogP contribution < -0.4 is 10.9 Å². The van der Waals surface area contributed by atoms with Gasteiger partial charge in [-0.15, -0.1) is 0 Å². The monoisotopic (exact) mass is 414 g/mol. The average Bonchev–Trinajstić information content (AvgIpc) is 2.71. The zero-order valence-electron chi connectivity index (χ0n) is 17.7. The number of para-hydroxylation sites is 1. The number of carbonyl (C=O) groups is 1. The van der Waals surface area contributed by atoms with Crippen LogP contribution in [-0.2, 0) is 11.3 Å². The van der Waals surface area contributed by atoms with Crippen molar-refractivity contribution in [2.45, 2.75) is 70.6 Å². The Bertz CT molecular complexity index is 948. The molecule has 7 heteroatoms. The average molecular weight is 415 g/mol. The summed E-state index contributed by atoms with van der Waals surface area (Å²) in [6.45, 7) is 8.25. The summed E-state index contributed by atoms with van der Waals surface area (Å²) in [5.74, 6) is -0.159. The van der Waals surface area contributed by atoms with Crippen LogP contribution in [0.25, 0.3) is 10.9 Å². The molecule has 0 saturated heterocycles. The van der Waals surface area contributed by atoms with Crippen molar-refractivity contribution in [2.75, 3.05) is 5.75 Å². The second-order valence-corrected chi connectivity index (χ2v) is 8.68. The first-order valence-corrected chi connectivity index (χ1v) is 11.2. The Balaban J connectivity index is 2.23. The molecule has 1 N–H and O–H groups in total. The maximum Gasteiger partial charge on any atom is 0.262 e. The number of thioether (sulfide) groups is 1. The highest BCUT2D eigenvalue weighted by Crippen LogP contribution is 2.20. The first-order valence-electron chi connectivity index (χ1n) is 10.2. The van der Waals surface area contributed by atoms with E-state index in [4.69, 9.17) is 0 Å². The lowest BCUT2D eigenvalue weighted by molar-refractivity contribution is -0.120. The van der Waals surface area contributed by atoms with Gasteiger partial charge in [0.15, 0.2) is 5.16 Å². The van der Waals surface area contributed by atoms with Crippen molar-refractivity contribution < 1.29 is 4.79 Å². The van der Waals surface area contributed by atoms with Crippen LogP contribution in [-0.4, -0.2) is 26.8 Å². The molecule has 1 unspecified atom stereocenters. The predicted molar refractivity (Wildman–Crippen MR) is 118 cm³/mol. The van der Waals surface area contributed by atoms with Crippen LogP contribution in [0.1, 0.15) is 53.4 Å². The van der Waals surface area contributed by atoms with E-state index in [1.54, 1.807) is 17.6 Å². The van der Waals surface area contributed by atoms with E-state index in [1.807, 2.05) is 32.0 Å². The predicted octanol–water partition coefficient (Wildman–Crippen LogP) is 4.12. The van der Waals surface area contributed by atoms with E-state index in [1.165, 1.54) is 11.8 Å². The van der Waals surface area contributed by atoms with Crippen molar-refractivity contribution in [2.24, 2.45) is 5.92 Å². The number of unbranched alkanes of at least 4 members (excludes halogenated alkanes) is 3. The second kappa shape index (κ2) is 10.4. The minimum atomic E-state index is -0.922. The van der Waals surface area contributed by atoms with Gasteiger partial charge in [-0.1, -0.05) is 63.9 Å². The van der Waals surface area contributed by atoms with Crippen LogP contribution in [0, 0.1) is 17.2 Å². The van der Waals surface area contributed by atoms with E-state index in [0.29, 0.717) is 22.6 Å². The van der Waals surface area contributed by atoms with Crippen LogP contribution in [0.5, 0.6) is 0 Å². The summed E-state index contributed by atoms with van der Waals surface area (Å²) in [6.07, 6.45) is 4.20. The normalized spacial score (nSPS) is 13.2. The minimum absolute atomic E-state index is 0.0167. The molecule has 1 aromatic heterocycles. The lowest BCUT2D eigenvalue weighted by Gasteiger charge is -2.27. The van der Waals surface area contributed by atoms with Gasteiger partial charge in [0.25, 0.3) is 5.56 Å². The van der Waals surface area contributed by atoms with Gasteiger partial charge < -0.3 is 5.32 Å². The van der Waals surface area contributed by atoms with Crippen LogP contribution in [0.3, 0.4) is 0 Å². The highest BCUT2D eigenvalue weighted by Gasteiger charge is 2.30. The third kappa shape index (κ3) is 5.83. The molecule has 0 saturated carbocycles. The van der Waals surface area contributed by atoms with Crippen molar-refractivity contribution >= 4 is 28.6 Å². The third-order valence-corrected chi connectivity index (χ3v) is 6.16. The Morgan fingerprint density at radius 1 is 1.31 bits per heavy atom. The fourth-order valence-corrected chi connectivity index (χ4v) is 3.73. The van der Waals surface area contributed by atoms with E-state index in [-0.39, 0.29) is 23.1 Å². The van der Waals surface area contributed by atoms with Crippen molar-refractivity contribution in [3.63, 3.8) is 0 Å². The molecule has 2 aromatic rings. The van der Waals surface area contributed by atoms with Gasteiger partial charge in [-0.05, 0) is 31.4 Å². The van der Waals surface area contributed by atoms with Gasteiger partial charge in [-0.25, -0.2) is 4.98 Å². The smallest absolute Gasteiger partial charge is 0.262 e. The van der Waals surface area contributed by atoms with E-state index in [0.717, 1.165) is 25.7 Å². The maximum atomic E-state index is 13.0. The molecule has 2 rings (SSSR count). The lowest BCUT2D eigenvalue weighted by Crippen LogP contribution is -2.49. The van der Waals surface area contributed by atoms with Crippen molar-refractivity contribution in [3.05, 3.63) is 34.6 Å². The molecule has 1 heterocycles. The second-order valence-electron chi connectivity index (χ2n) is 7.73. The Kier molecular flexibility index (Phi) is 8.27. The molecule has 0 aliphatic rings. The van der Waals surface area contributed by atoms with Gasteiger partial charge in [-0.3, -0.25) is 14.2 Å². The molecule has 29 heavy (non-hydrogen) atoms. The highest BCUT2D eigenvalue weighted by molar-refractivity contribution is 7.99. The molecule has 0 aliphatic heterocycles. The Morgan fingerprint density at radius 2 is 2.03 bits per heavy atom. The van der Waals surface area contributed by atoms with E-state index >= 15 is 0 Å². The fourth-order valence-electron chi connectivity index (χ4n) is 2.91. The molecule has 0 aliphatic carbocycles. The fraction of sp³-hybridized carbons (Fsp3) is 0.545. The number of aromatic nitrogens is 2. The number of hydrogen-bond donors (Lipinski definition) is 1. The zero-order valence-corrected chi connectivity index (χ0v) is 18.5. The summed E-state index contributed by atoms with van der Waals surface area (Å²) >= 11 is 1.24. The molecule has 0 spiro atoms. The van der Waals surface area contributed by atoms with Gasteiger partial charge in [0.05, 0.1) is 22.7 Å². The summed E-state index contributed by atoms with van der Waals surface area (Å²) in [5.41, 5.74) is -0.359. The number of rotatable bonds is 10. The van der Waals surface area contributed by atoms with E-state index < -0.39 is 5.54 Å². The summed E-state index contributed by atoms with van der Waals surface area (Å²) in [6, 6.07) is 9.46. The number of fused-ring (bicyclic) bond motifs is 1. The summed E-state index contributed by atoms with van der Waals surface area (Å²) in [5, 5.41) is 13.3. The van der Waals surface area contributed by atoms with Gasteiger partial charge >= 0.3 is 0 Å². The first-order chi connectivity index (χ1) is 13.8. The molecule has 1 atom stereocenters. The zero-order chi connectivity index (χ0) is 21.4. The molecule has 0 bridgehead atoms. The number of nitrogens with zero attached hydrogens (tertiary/aromatic N) is 3. The largest absolute Gasteiger partial charge is 0.337 e. The number of amides is 1. The molecule has 0 fully saturated rings. The molecular formula is C22H30N4O2S. The quantitative estimate of drug-likeness (QED) is 0.359. The summed E-state index contributed by atoms with van der Waals surface area (Å²) < 4.78 is 1.68. The Hall–Kier alpha value is -2.33. The van der Waals surface area contributed by atoms with E-state index in [2.05, 4.69) is 23.3 Å². The van der Waals surface area contributed by atoms with E-state index in [9.17, 15) is 14.9 Å². The van der Waals surface area contributed by atoms with Crippen molar-refractivity contribution in [1.29, 1.82) is 5.26 Å². The molecule has 1 amide bonds. The van der Waals surface area contributed by atoms with Crippen molar-refractivity contribution in [3.8, 4) is 6.07 Å². The molecule has 0 radical (unpaired) electrons. The van der Waals surface area contributed by atoms with Crippen LogP contribution in [0.15, 0.2) is 34.2 Å². The topological polar surface area (TPSA) is 87.8 Å². The number of carbonyl (C=O) groups excluding carboxylic acids is 1. The molecule has 6 nitrogen and oxygen atoms in total. The third-order valence-electron chi connectivity index (χ3n) is 5.18. The van der Waals surface area contributed by atoms with Crippen LogP contribution >= 0.6 is 11.8 Å². The van der Waals surface area contributed by atoms with Crippen molar-refractivity contribution in [1.82, 2.24) is 14.9 Å². The Morgan fingerprint density at radius 3 is 2.69 bits per heavy atom. The number of hydrogen-bond acceptors (Lipinski definition) is 5. The SMILES string of the molecule is CCCCCCn1c(SCC(=O)NC(C)(C#N)C(C)C)nc2ccccc2c1=O. The standard InChI is InChI=1S/C22H30N4O2S/c1-5-6-7-10-13-26-20(28)17-11-8-9-12-18(17)24-21(26)29-14-19(27)25-22(4,15-23)16(2)3/h8-9,11-12,16H,5-7,10,13-14H2,1-4H3,(H,25,27). The number of benzene rings is 1. The summed E-state index contributed by atoms with van der Waals surface area (Å²) in [7, 11) is 0. The molecular weight excluding hydrogens is 384 g/mol. The van der Waals surface area contributed by atoms with Gasteiger partial charge in [0, 0.05) is 6.54 Å². The van der Waals surface area contributed by atoms with Gasteiger partial charge in [0.1, 0.15) is 5.54 Å². The van der Waals surface area contributed by atoms with Gasteiger partial charge in [-0.2, -0.15) is 5.26 Å². The van der Waals surface area contributed by atoms with Crippen LogP contribution in [0.2, 0.25) is 0 Å². The summed E-state index contributed by atoms with van der Waals surface area (Å²) in [4.78, 5) is 30.1. The van der Waals surface area contributed by atoms with Crippen LogP contribution in [0.4, 0.5) is 0 Å². The maximum absolute atomic E-state index is 13.0. The molecule has 156 valence electrons. The highest BCUT2D eigenvalue weighted by atomic mass is 32.2.